The average Bonchev–Trinajstić information content (AvgIpc) is 3.50. The molecule has 4 heterocycles. The second kappa shape index (κ2) is 11.3. The van der Waals surface area contributed by atoms with E-state index in [1.807, 2.05) is 19.1 Å². The number of fused-ring (bicyclic) bond motifs is 2. The maximum Gasteiger partial charge on any atom is 0.314 e. The zero-order valence-corrected chi connectivity index (χ0v) is 25.5. The number of carbonyl (C=O) groups is 2. The Morgan fingerprint density at radius 2 is 2.02 bits per heavy atom. The van der Waals surface area contributed by atoms with E-state index < -0.39 is 19.9 Å². The lowest BCUT2D eigenvalue weighted by Gasteiger charge is -2.38. The molecule has 2 atom stereocenters. The number of nitrogens with two attached hydrogens (primary N) is 1. The van der Waals surface area contributed by atoms with Crippen LogP contribution in [0.5, 0.6) is 0 Å². The first kappa shape index (κ1) is 28.2. The molecule has 0 aliphatic carbocycles. The number of nitrogens with zero attached hydrogens (tertiary/aromatic N) is 5. The van der Waals surface area contributed by atoms with E-state index in [1.165, 1.54) is 6.20 Å². The van der Waals surface area contributed by atoms with Gasteiger partial charge in [-0.2, -0.15) is 5.10 Å². The highest BCUT2D eigenvalue weighted by Gasteiger charge is 2.35. The summed E-state index contributed by atoms with van der Waals surface area (Å²) < 4.78 is 8.65. The zero-order valence-electron chi connectivity index (χ0n) is 23.7. The summed E-state index contributed by atoms with van der Waals surface area (Å²) in [5, 5.41) is 8.81. The molecule has 10 nitrogen and oxygen atoms in total. The minimum absolute atomic E-state index is 0.198. The lowest BCUT2D eigenvalue weighted by atomic mass is 9.89. The van der Waals surface area contributed by atoms with Crippen LogP contribution in [-0.2, 0) is 21.1 Å². The first-order valence-corrected chi connectivity index (χ1v) is 18.2. The van der Waals surface area contributed by atoms with Crippen LogP contribution in [0.2, 0.25) is 25.7 Å². The van der Waals surface area contributed by atoms with Crippen molar-refractivity contribution in [2.24, 2.45) is 5.92 Å². The van der Waals surface area contributed by atoms with Crippen molar-refractivity contribution >= 4 is 63.8 Å². The maximum atomic E-state index is 13.6. The predicted octanol–water partition coefficient (Wildman–Crippen LogP) is 5.18. The minimum atomic E-state index is -1.24. The number of piperidine rings is 1. The second-order valence-electron chi connectivity index (χ2n) is 11.9. The predicted molar refractivity (Wildman–Crippen MR) is 162 cm³/mol. The number of benzene rings is 1. The summed E-state index contributed by atoms with van der Waals surface area (Å²) in [6.07, 6.45) is 4.83. The van der Waals surface area contributed by atoms with Crippen molar-refractivity contribution in [3.63, 3.8) is 0 Å². The summed E-state index contributed by atoms with van der Waals surface area (Å²) in [5.41, 5.74) is 8.97. The third-order valence-corrected chi connectivity index (χ3v) is 9.99. The van der Waals surface area contributed by atoms with Gasteiger partial charge in [0.15, 0.2) is 0 Å². The number of rotatable bonds is 7. The van der Waals surface area contributed by atoms with Crippen molar-refractivity contribution in [3.05, 3.63) is 41.2 Å². The van der Waals surface area contributed by atoms with Gasteiger partial charge in [-0.05, 0) is 49.4 Å². The molecule has 0 spiro atoms. The lowest BCUT2D eigenvalue weighted by Crippen LogP contribution is -2.46. The van der Waals surface area contributed by atoms with Crippen molar-refractivity contribution in [1.29, 1.82) is 0 Å². The Bertz CT molecular complexity index is 1560. The van der Waals surface area contributed by atoms with Crippen molar-refractivity contribution in [2.45, 2.75) is 65.1 Å². The number of aromatic nitrogens is 4. The van der Waals surface area contributed by atoms with E-state index in [1.54, 1.807) is 27.1 Å². The van der Waals surface area contributed by atoms with Gasteiger partial charge in [0, 0.05) is 21.2 Å². The minimum Gasteiger partial charge on any atom is -0.383 e. The molecule has 12 heteroatoms. The highest BCUT2D eigenvalue weighted by atomic mass is 32.1. The fraction of sp³-hybridized carbons (Fsp3) is 0.464. The molecule has 3 aromatic heterocycles. The summed E-state index contributed by atoms with van der Waals surface area (Å²) in [6.45, 7) is 12.3. The van der Waals surface area contributed by atoms with Gasteiger partial charge in [0.25, 0.3) is 0 Å². The Balaban J connectivity index is 1.37. The molecule has 0 radical (unpaired) electrons. The first-order valence-electron chi connectivity index (χ1n) is 13.7. The Labute approximate surface area is 238 Å². The first-order chi connectivity index (χ1) is 19.0. The molecule has 1 aliphatic rings. The van der Waals surface area contributed by atoms with Crippen LogP contribution < -0.4 is 11.1 Å². The molecule has 40 heavy (non-hydrogen) atoms. The molecular weight excluding hydrogens is 543 g/mol. The normalized spacial score (nSPS) is 18.0. The average molecular weight is 580 g/mol. The SMILES string of the molecule is Cc1nc2cc([C@H]3CC[C@H](C)CN3C(=O)C(=O)Nc3cnc(N)c4cnn(COCC[Si](C)(C)C)c34)ccc2s1. The molecule has 1 aliphatic heterocycles. The fourth-order valence-electron chi connectivity index (χ4n) is 5.14. The number of aryl methyl sites for hydroxylation is 1. The smallest absolute Gasteiger partial charge is 0.314 e. The van der Waals surface area contributed by atoms with Gasteiger partial charge in [0.2, 0.25) is 0 Å². The number of amides is 2. The number of anilines is 2. The van der Waals surface area contributed by atoms with Crippen LogP contribution in [0.4, 0.5) is 11.5 Å². The van der Waals surface area contributed by atoms with E-state index in [0.29, 0.717) is 35.6 Å². The number of pyridine rings is 1. The molecule has 1 aromatic carbocycles. The van der Waals surface area contributed by atoms with Crippen LogP contribution in [0.25, 0.3) is 21.1 Å². The van der Waals surface area contributed by atoms with Crippen molar-refractivity contribution in [1.82, 2.24) is 24.6 Å². The number of thiazole rings is 1. The van der Waals surface area contributed by atoms with Crippen LogP contribution >= 0.6 is 11.3 Å². The molecule has 0 bridgehead atoms. The van der Waals surface area contributed by atoms with Gasteiger partial charge < -0.3 is 20.7 Å². The number of likely N-dealkylation sites (tertiary alicyclic amines) is 1. The summed E-state index contributed by atoms with van der Waals surface area (Å²) in [5.74, 6) is -0.707. The Morgan fingerprint density at radius 1 is 1.23 bits per heavy atom. The van der Waals surface area contributed by atoms with E-state index in [0.717, 1.165) is 39.7 Å². The highest BCUT2D eigenvalue weighted by molar-refractivity contribution is 7.18. The van der Waals surface area contributed by atoms with Gasteiger partial charge in [-0.3, -0.25) is 9.59 Å². The molecule has 212 valence electrons. The third kappa shape index (κ3) is 6.03. The maximum absolute atomic E-state index is 13.6. The van der Waals surface area contributed by atoms with Crippen LogP contribution in [0.3, 0.4) is 0 Å². The highest BCUT2D eigenvalue weighted by Crippen LogP contribution is 2.36. The number of nitrogen functional groups attached to an aromatic ring is 1. The van der Waals surface area contributed by atoms with Crippen LogP contribution in [0.1, 0.15) is 36.4 Å². The van der Waals surface area contributed by atoms with Gasteiger partial charge in [-0.25, -0.2) is 14.6 Å². The summed E-state index contributed by atoms with van der Waals surface area (Å²) in [6, 6.07) is 6.98. The van der Waals surface area contributed by atoms with E-state index >= 15 is 0 Å². The van der Waals surface area contributed by atoms with Gasteiger partial charge in [-0.15, -0.1) is 11.3 Å². The molecule has 5 rings (SSSR count). The molecule has 0 saturated carbocycles. The van der Waals surface area contributed by atoms with Gasteiger partial charge >= 0.3 is 11.8 Å². The Morgan fingerprint density at radius 3 is 2.80 bits per heavy atom. The molecule has 3 N–H and O–H groups in total. The number of ether oxygens (including phenoxy) is 1. The van der Waals surface area contributed by atoms with Crippen LogP contribution in [-0.4, -0.2) is 57.7 Å². The van der Waals surface area contributed by atoms with Gasteiger partial charge in [0.05, 0.1) is 50.3 Å². The molecule has 0 unspecified atom stereocenters. The summed E-state index contributed by atoms with van der Waals surface area (Å²) >= 11 is 1.65. The monoisotopic (exact) mass is 579 g/mol. The molecule has 2 amide bonds. The van der Waals surface area contributed by atoms with E-state index in [-0.39, 0.29) is 18.7 Å². The molecular formula is C28H37N7O3SSi. The number of carbonyl (C=O) groups excluding carboxylic acids is 2. The number of hydrogen-bond acceptors (Lipinski definition) is 8. The van der Waals surface area contributed by atoms with Crippen molar-refractivity contribution in [2.75, 3.05) is 24.2 Å². The summed E-state index contributed by atoms with van der Waals surface area (Å²) in [4.78, 5) is 37.6. The fourth-order valence-corrected chi connectivity index (χ4v) is 6.70. The lowest BCUT2D eigenvalue weighted by molar-refractivity contribution is -0.146. The Kier molecular flexibility index (Phi) is 7.93. The number of nitrogens with one attached hydrogen (secondary N) is 1. The van der Waals surface area contributed by atoms with E-state index in [9.17, 15) is 9.59 Å². The summed E-state index contributed by atoms with van der Waals surface area (Å²) in [7, 11) is -1.24. The zero-order chi connectivity index (χ0) is 28.6. The number of hydrogen-bond donors (Lipinski definition) is 2. The van der Waals surface area contributed by atoms with Gasteiger partial charge in [-0.1, -0.05) is 32.6 Å². The van der Waals surface area contributed by atoms with Crippen LogP contribution in [0, 0.1) is 12.8 Å². The van der Waals surface area contributed by atoms with Gasteiger partial charge in [0.1, 0.15) is 12.5 Å². The molecule has 1 fully saturated rings. The third-order valence-electron chi connectivity index (χ3n) is 7.34. The van der Waals surface area contributed by atoms with Crippen molar-refractivity contribution < 1.29 is 14.3 Å². The van der Waals surface area contributed by atoms with E-state index in [2.05, 4.69) is 53.0 Å². The second-order valence-corrected chi connectivity index (χ2v) is 18.7. The topological polar surface area (TPSA) is 128 Å². The Hall–Kier alpha value is -3.35. The quantitative estimate of drug-likeness (QED) is 0.175. The molecule has 4 aromatic rings. The molecule has 1 saturated heterocycles. The largest absolute Gasteiger partial charge is 0.383 e. The van der Waals surface area contributed by atoms with Crippen LogP contribution in [0.15, 0.2) is 30.6 Å². The van der Waals surface area contributed by atoms with Crippen molar-refractivity contribution in [3.8, 4) is 0 Å². The standard InChI is InChI=1S/C28H37N7O3SSi/c1-17-6-8-23(19-7-9-24-21(12-19)32-18(2)39-24)34(15-17)28(37)27(36)33-22-14-30-26(29)20-13-31-35(25(20)22)16-38-10-11-40(3,4)5/h7,9,12-14,17,23H,6,8,10-11,15-16H2,1-5H3,(H2,29,30)(H,33,36)/t17-,23+/m0/s1. The van der Waals surface area contributed by atoms with E-state index in [4.69, 9.17) is 10.5 Å².